The van der Waals surface area contributed by atoms with Crippen LogP contribution in [0.5, 0.6) is 0 Å². The Hall–Kier alpha value is 0.177. The monoisotopic (exact) mass is 87.0 g/mol. The van der Waals surface area contributed by atoms with Crippen molar-refractivity contribution >= 4 is 10.5 Å². The highest BCUT2D eigenvalue weighted by Gasteiger charge is 1.78. The Morgan fingerprint density at radius 3 is 1.80 bits per heavy atom. The molecule has 0 saturated carbocycles. The maximum absolute atomic E-state index is 4.56. The van der Waals surface area contributed by atoms with Gasteiger partial charge in [0.25, 0.3) is 0 Å². The van der Waals surface area contributed by atoms with E-state index in [1.807, 2.05) is 13.8 Å². The second-order valence-electron chi connectivity index (χ2n) is 1.17. The molecule has 0 aliphatic rings. The van der Waals surface area contributed by atoms with Crippen molar-refractivity contribution in [2.24, 2.45) is 0 Å². The summed E-state index contributed by atoms with van der Waals surface area (Å²) in [6.45, 7) is 3.90. The van der Waals surface area contributed by atoms with E-state index in [2.05, 4.69) is 14.9 Å². The van der Waals surface area contributed by atoms with E-state index >= 15 is 0 Å². The smallest absolute Gasteiger partial charge is 0.246 e. The third kappa shape index (κ3) is 4.18. The molecule has 29 valence electrons. The third-order valence-electron chi connectivity index (χ3n) is 0.236. The highest BCUT2D eigenvalue weighted by Crippen LogP contribution is 1.76. The number of rotatable bonds is 1. The van der Waals surface area contributed by atoms with Crippen LogP contribution in [0, 0.1) is 0 Å². The van der Waals surface area contributed by atoms with Gasteiger partial charge in [0.1, 0.15) is 0 Å². The fourth-order valence-corrected chi connectivity index (χ4v) is 0. The minimum Gasteiger partial charge on any atom is -0.416 e. The van der Waals surface area contributed by atoms with Crippen LogP contribution in [0.3, 0.4) is 0 Å². The van der Waals surface area contributed by atoms with E-state index in [1.165, 1.54) is 0 Å². The zero-order valence-electron chi connectivity index (χ0n) is 3.49. The maximum atomic E-state index is 4.56. The van der Waals surface area contributed by atoms with Crippen molar-refractivity contribution in [1.82, 2.24) is 0 Å². The Morgan fingerprint density at radius 2 is 1.80 bits per heavy atom. The molecule has 0 unspecified atom stereocenters. The fraction of sp³-hybridized carbons (Fsp3) is 1.00. The van der Waals surface area contributed by atoms with Gasteiger partial charge < -0.3 is 4.43 Å². The van der Waals surface area contributed by atoms with Crippen molar-refractivity contribution in [3.8, 4) is 0 Å². The Kier molecular flexibility index (Phi) is 2.50. The van der Waals surface area contributed by atoms with Crippen molar-refractivity contribution in [2.45, 2.75) is 20.0 Å². The van der Waals surface area contributed by atoms with E-state index in [0.717, 1.165) is 0 Å². The molecule has 0 aromatic rings. The Bertz CT molecular complexity index is 20.9. The molecule has 0 rings (SSSR count). The topological polar surface area (TPSA) is 9.23 Å². The minimum atomic E-state index is 0.298. The highest BCUT2D eigenvalue weighted by molar-refractivity contribution is 5.98. The average molecular weight is 87.2 g/mol. The van der Waals surface area contributed by atoms with Crippen LogP contribution in [0.25, 0.3) is 0 Å². The summed E-state index contributed by atoms with van der Waals surface area (Å²) in [4.78, 5) is 0. The van der Waals surface area contributed by atoms with Crippen LogP contribution >= 0.6 is 0 Å². The van der Waals surface area contributed by atoms with Crippen LogP contribution in [0.2, 0.25) is 0 Å². The summed E-state index contributed by atoms with van der Waals surface area (Å²) < 4.78 is 4.56. The minimum absolute atomic E-state index is 0.298. The van der Waals surface area contributed by atoms with E-state index in [-0.39, 0.29) is 0 Å². The van der Waals surface area contributed by atoms with Gasteiger partial charge in [0.15, 0.2) is 0 Å². The molecule has 0 fully saturated rings. The van der Waals surface area contributed by atoms with Gasteiger partial charge >= 0.3 is 0 Å². The number of hydrogen-bond donors (Lipinski definition) is 0. The van der Waals surface area contributed by atoms with Gasteiger partial charge in [-0.1, -0.05) is 0 Å². The molecule has 0 aliphatic carbocycles. The summed E-state index contributed by atoms with van der Waals surface area (Å²) in [5.74, 6) is 0. The average Bonchev–Trinajstić information content (AvgIpc) is 1.38. The zero-order valence-corrected chi connectivity index (χ0v) is 4.49. The predicted octanol–water partition coefficient (Wildman–Crippen LogP) is 0.495. The molecule has 0 N–H and O–H groups in total. The molecule has 0 heterocycles. The van der Waals surface area contributed by atoms with E-state index in [4.69, 9.17) is 0 Å². The third-order valence-corrected chi connectivity index (χ3v) is 0.707. The quantitative estimate of drug-likeness (QED) is 0.423. The predicted molar refractivity (Wildman–Crippen MR) is 22.0 cm³/mol. The molecule has 1 nitrogen and oxygen atoms in total. The molecule has 0 aromatic carbocycles. The lowest BCUT2D eigenvalue weighted by Crippen LogP contribution is -1.95. The first-order valence-electron chi connectivity index (χ1n) is 1.59. The molecule has 0 amide bonds. The normalized spacial score (nSPS) is 9.60. The molecule has 3 radical (unpaired) electrons. The fourth-order valence-electron chi connectivity index (χ4n) is 0. The molecule has 0 aliphatic heterocycles. The van der Waals surface area contributed by atoms with Crippen molar-refractivity contribution in [1.29, 1.82) is 0 Å². The molecule has 5 heavy (non-hydrogen) atoms. The van der Waals surface area contributed by atoms with Gasteiger partial charge in [-0.25, -0.2) is 0 Å². The maximum Gasteiger partial charge on any atom is 0.246 e. The van der Waals surface area contributed by atoms with E-state index in [9.17, 15) is 0 Å². The molecule has 0 bridgehead atoms. The number of hydrogen-bond acceptors (Lipinski definition) is 1. The lowest BCUT2D eigenvalue weighted by molar-refractivity contribution is 0.267. The molecule has 2 heteroatoms. The van der Waals surface area contributed by atoms with Crippen LogP contribution in [-0.2, 0) is 4.43 Å². The second kappa shape index (κ2) is 2.42. The molecular formula is C3H7OSi. The lowest BCUT2D eigenvalue weighted by Gasteiger charge is -1.94. The molecule has 0 spiro atoms. The van der Waals surface area contributed by atoms with Gasteiger partial charge in [0.05, 0.1) is 0 Å². The first-order chi connectivity index (χ1) is 2.27. The molecule has 0 atom stereocenters. The van der Waals surface area contributed by atoms with Crippen LogP contribution in [-0.4, -0.2) is 16.6 Å². The lowest BCUT2D eigenvalue weighted by atomic mass is 10.5. The van der Waals surface area contributed by atoms with Gasteiger partial charge in [-0.05, 0) is 13.8 Å². The summed E-state index contributed by atoms with van der Waals surface area (Å²) in [7, 11) is 2.85. The highest BCUT2D eigenvalue weighted by atomic mass is 28.2. The van der Waals surface area contributed by atoms with Gasteiger partial charge in [-0.3, -0.25) is 0 Å². The summed E-state index contributed by atoms with van der Waals surface area (Å²) >= 11 is 0. The molecule has 0 aromatic heterocycles. The van der Waals surface area contributed by atoms with Gasteiger partial charge in [0.2, 0.25) is 10.5 Å². The van der Waals surface area contributed by atoms with Crippen molar-refractivity contribution in [2.75, 3.05) is 0 Å². The summed E-state index contributed by atoms with van der Waals surface area (Å²) in [5, 5.41) is 0. The van der Waals surface area contributed by atoms with Gasteiger partial charge in [-0.2, -0.15) is 0 Å². The van der Waals surface area contributed by atoms with Crippen LogP contribution in [0.1, 0.15) is 13.8 Å². The first kappa shape index (κ1) is 5.18. The van der Waals surface area contributed by atoms with Crippen molar-refractivity contribution in [3.63, 3.8) is 0 Å². The van der Waals surface area contributed by atoms with E-state index < -0.39 is 0 Å². The van der Waals surface area contributed by atoms with Crippen LogP contribution in [0.4, 0.5) is 0 Å². The molecule has 0 saturated heterocycles. The molecular weight excluding hydrogens is 80.1 g/mol. The zero-order chi connectivity index (χ0) is 4.28. The van der Waals surface area contributed by atoms with E-state index in [0.29, 0.717) is 6.10 Å². The van der Waals surface area contributed by atoms with Crippen molar-refractivity contribution in [3.05, 3.63) is 0 Å². The SMILES string of the molecule is CC(C)O[Si]. The van der Waals surface area contributed by atoms with Crippen LogP contribution in [0.15, 0.2) is 0 Å². The Balaban J connectivity index is 2.54. The van der Waals surface area contributed by atoms with Crippen molar-refractivity contribution < 1.29 is 4.43 Å². The van der Waals surface area contributed by atoms with Crippen LogP contribution < -0.4 is 0 Å². The Morgan fingerprint density at radius 1 is 1.60 bits per heavy atom. The Labute approximate surface area is 35.9 Å². The van der Waals surface area contributed by atoms with Gasteiger partial charge in [-0.15, -0.1) is 0 Å². The summed E-state index contributed by atoms with van der Waals surface area (Å²) in [5.41, 5.74) is 0. The first-order valence-corrected chi connectivity index (χ1v) is 2.00. The van der Waals surface area contributed by atoms with Gasteiger partial charge in [0, 0.05) is 6.10 Å². The summed E-state index contributed by atoms with van der Waals surface area (Å²) in [6.07, 6.45) is 0.298. The largest absolute Gasteiger partial charge is 0.416 e. The summed E-state index contributed by atoms with van der Waals surface area (Å²) in [6, 6.07) is 0. The van der Waals surface area contributed by atoms with E-state index in [1.54, 1.807) is 0 Å². The standard InChI is InChI=1S/C3H7OSi/c1-3(2)4-5/h3H,1-2H3. The second-order valence-corrected chi connectivity index (χ2v) is 1.40.